The van der Waals surface area contributed by atoms with Gasteiger partial charge >= 0.3 is 0 Å². The second kappa shape index (κ2) is 6.49. The van der Waals surface area contributed by atoms with E-state index in [1.807, 2.05) is 6.07 Å². The minimum atomic E-state index is -0.139. The molecule has 2 nitrogen and oxygen atoms in total. The van der Waals surface area contributed by atoms with E-state index in [0.717, 1.165) is 25.2 Å². The summed E-state index contributed by atoms with van der Waals surface area (Å²) in [6.07, 6.45) is 1.18. The molecule has 0 aromatic heterocycles. The average molecular weight is 264 g/mol. The third-order valence-electron chi connectivity index (χ3n) is 4.28. The Kier molecular flexibility index (Phi) is 4.94. The molecule has 1 aliphatic rings. The zero-order valence-electron chi connectivity index (χ0n) is 12.2. The minimum absolute atomic E-state index is 0.139. The molecule has 0 bridgehead atoms. The van der Waals surface area contributed by atoms with Crippen molar-refractivity contribution in [1.29, 1.82) is 0 Å². The van der Waals surface area contributed by atoms with Crippen LogP contribution in [0, 0.1) is 11.7 Å². The van der Waals surface area contributed by atoms with E-state index in [1.54, 1.807) is 12.1 Å². The zero-order chi connectivity index (χ0) is 13.8. The van der Waals surface area contributed by atoms with Gasteiger partial charge in [0.15, 0.2) is 0 Å². The van der Waals surface area contributed by atoms with Gasteiger partial charge in [-0.3, -0.25) is 4.90 Å². The minimum Gasteiger partial charge on any atom is -0.314 e. The molecule has 0 radical (unpaired) electrons. The molecule has 3 heteroatoms. The Morgan fingerprint density at radius 1 is 1.47 bits per heavy atom. The molecule has 1 aromatic carbocycles. The van der Waals surface area contributed by atoms with E-state index in [-0.39, 0.29) is 5.82 Å². The van der Waals surface area contributed by atoms with Crippen molar-refractivity contribution in [2.75, 3.05) is 19.6 Å². The van der Waals surface area contributed by atoms with Gasteiger partial charge in [-0.1, -0.05) is 26.0 Å². The van der Waals surface area contributed by atoms with Crippen LogP contribution in [-0.2, 0) is 0 Å². The molecule has 19 heavy (non-hydrogen) atoms. The molecule has 1 fully saturated rings. The van der Waals surface area contributed by atoms with Gasteiger partial charge in [-0.15, -0.1) is 0 Å². The van der Waals surface area contributed by atoms with Crippen molar-refractivity contribution in [1.82, 2.24) is 10.2 Å². The van der Waals surface area contributed by atoms with E-state index < -0.39 is 0 Å². The molecule has 1 aromatic rings. The number of likely N-dealkylation sites (tertiary alicyclic amines) is 1. The Bertz CT molecular complexity index is 407. The average Bonchev–Trinajstić information content (AvgIpc) is 2.40. The highest BCUT2D eigenvalue weighted by Crippen LogP contribution is 2.27. The molecular weight excluding hydrogens is 239 g/mol. The second-order valence-electron chi connectivity index (χ2n) is 5.66. The first-order chi connectivity index (χ1) is 9.11. The predicted octanol–water partition coefficient (Wildman–Crippen LogP) is 3.21. The molecule has 3 atom stereocenters. The Balaban J connectivity index is 2.00. The summed E-state index contributed by atoms with van der Waals surface area (Å²) in [6, 6.07) is 7.91. The molecule has 1 saturated heterocycles. The lowest BCUT2D eigenvalue weighted by atomic mass is 9.92. The lowest BCUT2D eigenvalue weighted by Crippen LogP contribution is -2.48. The summed E-state index contributed by atoms with van der Waals surface area (Å²) in [5.41, 5.74) is 1.08. The van der Waals surface area contributed by atoms with Crippen LogP contribution in [0.15, 0.2) is 24.3 Å². The smallest absolute Gasteiger partial charge is 0.123 e. The quantitative estimate of drug-likeness (QED) is 0.898. The first-order valence-corrected chi connectivity index (χ1v) is 7.34. The van der Waals surface area contributed by atoms with Crippen LogP contribution >= 0.6 is 0 Å². The molecule has 1 N–H and O–H groups in total. The highest BCUT2D eigenvalue weighted by Gasteiger charge is 2.28. The third-order valence-corrected chi connectivity index (χ3v) is 4.28. The number of hydrogen-bond acceptors (Lipinski definition) is 2. The van der Waals surface area contributed by atoms with Gasteiger partial charge in [-0.05, 0) is 43.5 Å². The van der Waals surface area contributed by atoms with E-state index >= 15 is 0 Å². The van der Waals surface area contributed by atoms with Crippen LogP contribution in [0.4, 0.5) is 4.39 Å². The van der Waals surface area contributed by atoms with Crippen LogP contribution < -0.4 is 5.32 Å². The monoisotopic (exact) mass is 264 g/mol. The summed E-state index contributed by atoms with van der Waals surface area (Å²) >= 11 is 0. The lowest BCUT2D eigenvalue weighted by molar-refractivity contribution is 0.112. The number of nitrogens with one attached hydrogen (secondary N) is 1. The summed E-state index contributed by atoms with van der Waals surface area (Å²) in [5, 5.41) is 3.56. The van der Waals surface area contributed by atoms with Gasteiger partial charge in [-0.25, -0.2) is 4.39 Å². The van der Waals surface area contributed by atoms with E-state index in [0.29, 0.717) is 18.0 Å². The molecular formula is C16H25FN2. The van der Waals surface area contributed by atoms with Crippen molar-refractivity contribution in [2.45, 2.75) is 39.3 Å². The normalized spacial score (nSPS) is 26.3. The first-order valence-electron chi connectivity index (χ1n) is 7.34. The zero-order valence-corrected chi connectivity index (χ0v) is 12.2. The molecule has 0 amide bonds. The lowest BCUT2D eigenvalue weighted by Gasteiger charge is -2.40. The fourth-order valence-corrected chi connectivity index (χ4v) is 3.07. The van der Waals surface area contributed by atoms with Gasteiger partial charge < -0.3 is 5.32 Å². The van der Waals surface area contributed by atoms with Gasteiger partial charge in [0, 0.05) is 25.2 Å². The molecule has 0 spiro atoms. The second-order valence-corrected chi connectivity index (χ2v) is 5.66. The highest BCUT2D eigenvalue weighted by molar-refractivity contribution is 5.19. The van der Waals surface area contributed by atoms with Crippen molar-refractivity contribution < 1.29 is 4.39 Å². The third kappa shape index (κ3) is 3.54. The summed E-state index contributed by atoms with van der Waals surface area (Å²) < 4.78 is 13.3. The fourth-order valence-electron chi connectivity index (χ4n) is 3.07. The van der Waals surface area contributed by atoms with Gasteiger partial charge in [0.2, 0.25) is 0 Å². The molecule has 0 saturated carbocycles. The highest BCUT2D eigenvalue weighted by atomic mass is 19.1. The molecule has 106 valence electrons. The fraction of sp³-hybridized carbons (Fsp3) is 0.625. The molecule has 2 rings (SSSR count). The Labute approximate surface area is 116 Å². The van der Waals surface area contributed by atoms with Crippen LogP contribution in [0.2, 0.25) is 0 Å². The Hall–Kier alpha value is -0.930. The number of rotatable bonds is 4. The van der Waals surface area contributed by atoms with Gasteiger partial charge in [0.1, 0.15) is 5.82 Å². The number of halogens is 1. The summed E-state index contributed by atoms with van der Waals surface area (Å²) in [4.78, 5) is 2.47. The van der Waals surface area contributed by atoms with E-state index in [4.69, 9.17) is 0 Å². The van der Waals surface area contributed by atoms with Crippen LogP contribution in [-0.4, -0.2) is 30.6 Å². The van der Waals surface area contributed by atoms with Crippen molar-refractivity contribution in [3.05, 3.63) is 35.6 Å². The van der Waals surface area contributed by atoms with Gasteiger partial charge in [-0.2, -0.15) is 0 Å². The molecule has 0 aliphatic carbocycles. The number of nitrogens with zero attached hydrogens (tertiary/aromatic N) is 1. The number of piperidine rings is 1. The maximum atomic E-state index is 13.3. The SMILES string of the molecule is CCNC1CCN(C(C)c2cccc(F)c2)CC1C. The van der Waals surface area contributed by atoms with Crippen molar-refractivity contribution in [3.63, 3.8) is 0 Å². The molecule has 1 heterocycles. The van der Waals surface area contributed by atoms with Crippen LogP contribution in [0.25, 0.3) is 0 Å². The topological polar surface area (TPSA) is 15.3 Å². The summed E-state index contributed by atoms with van der Waals surface area (Å²) in [6.45, 7) is 9.84. The van der Waals surface area contributed by atoms with Crippen molar-refractivity contribution in [3.8, 4) is 0 Å². The largest absolute Gasteiger partial charge is 0.314 e. The van der Waals surface area contributed by atoms with Crippen LogP contribution in [0.5, 0.6) is 0 Å². The predicted molar refractivity (Wildman–Crippen MR) is 77.6 cm³/mol. The first kappa shape index (κ1) is 14.5. The molecule has 1 aliphatic heterocycles. The van der Waals surface area contributed by atoms with E-state index in [2.05, 4.69) is 31.0 Å². The van der Waals surface area contributed by atoms with Crippen LogP contribution in [0.3, 0.4) is 0 Å². The number of benzene rings is 1. The maximum Gasteiger partial charge on any atom is 0.123 e. The molecule has 3 unspecified atom stereocenters. The standard InChI is InChI=1S/C16H25FN2/c1-4-18-16-8-9-19(11-12(16)2)13(3)14-6-5-7-15(17)10-14/h5-7,10,12-13,16,18H,4,8-9,11H2,1-3H3. The Morgan fingerprint density at radius 3 is 2.89 bits per heavy atom. The van der Waals surface area contributed by atoms with Crippen molar-refractivity contribution >= 4 is 0 Å². The Morgan fingerprint density at radius 2 is 2.26 bits per heavy atom. The van der Waals surface area contributed by atoms with Gasteiger partial charge in [0.05, 0.1) is 0 Å². The number of hydrogen-bond donors (Lipinski definition) is 1. The van der Waals surface area contributed by atoms with Crippen LogP contribution in [0.1, 0.15) is 38.8 Å². The van der Waals surface area contributed by atoms with Crippen molar-refractivity contribution in [2.24, 2.45) is 5.92 Å². The van der Waals surface area contributed by atoms with Gasteiger partial charge in [0.25, 0.3) is 0 Å². The van der Waals surface area contributed by atoms with E-state index in [9.17, 15) is 4.39 Å². The van der Waals surface area contributed by atoms with E-state index in [1.165, 1.54) is 12.5 Å². The summed E-state index contributed by atoms with van der Waals surface area (Å²) in [5.74, 6) is 0.504. The maximum absolute atomic E-state index is 13.3. The summed E-state index contributed by atoms with van der Waals surface area (Å²) in [7, 11) is 0.